The van der Waals surface area contributed by atoms with Gasteiger partial charge in [0.25, 0.3) is 0 Å². The molecule has 1 aliphatic carbocycles. The second kappa shape index (κ2) is 5.07. The van der Waals surface area contributed by atoms with Gasteiger partial charge in [0.2, 0.25) is 0 Å². The average molecular weight is 168 g/mol. The molecule has 2 heteroatoms. The van der Waals surface area contributed by atoms with E-state index in [9.17, 15) is 9.59 Å². The highest BCUT2D eigenvalue weighted by molar-refractivity contribution is 5.57. The van der Waals surface area contributed by atoms with Crippen LogP contribution in [-0.2, 0) is 9.59 Å². The van der Waals surface area contributed by atoms with Crippen molar-refractivity contribution in [1.29, 1.82) is 0 Å². The Kier molecular flexibility index (Phi) is 3.98. The summed E-state index contributed by atoms with van der Waals surface area (Å²) in [7, 11) is 0. The molecule has 0 spiro atoms. The monoisotopic (exact) mass is 168 g/mol. The second-order valence-electron chi connectivity index (χ2n) is 3.67. The van der Waals surface area contributed by atoms with Crippen LogP contribution in [0, 0.1) is 11.8 Å². The quantitative estimate of drug-likeness (QED) is 0.591. The van der Waals surface area contributed by atoms with Gasteiger partial charge in [-0.3, -0.25) is 0 Å². The molecule has 0 N–H and O–H groups in total. The van der Waals surface area contributed by atoms with E-state index in [2.05, 4.69) is 0 Å². The van der Waals surface area contributed by atoms with E-state index in [1.165, 1.54) is 6.42 Å². The summed E-state index contributed by atoms with van der Waals surface area (Å²) in [6.07, 6.45) is 8.25. The molecule has 68 valence electrons. The van der Waals surface area contributed by atoms with Crippen molar-refractivity contribution in [3.63, 3.8) is 0 Å². The summed E-state index contributed by atoms with van der Waals surface area (Å²) in [4.78, 5) is 21.1. The fourth-order valence-electron chi connectivity index (χ4n) is 1.86. The summed E-state index contributed by atoms with van der Waals surface area (Å²) >= 11 is 0. The molecular weight excluding hydrogens is 152 g/mol. The van der Waals surface area contributed by atoms with Gasteiger partial charge in [0.15, 0.2) is 0 Å². The molecule has 0 saturated heterocycles. The molecule has 12 heavy (non-hydrogen) atoms. The minimum atomic E-state index is 0.139. The van der Waals surface area contributed by atoms with Gasteiger partial charge in [-0.1, -0.05) is 19.3 Å². The number of aldehydes is 2. The van der Waals surface area contributed by atoms with Gasteiger partial charge >= 0.3 is 0 Å². The predicted molar refractivity (Wildman–Crippen MR) is 46.8 cm³/mol. The standard InChI is InChI=1S/C10H16O2/c11-7-9-4-2-1-3-5-10(6-9)8-12/h7-10H,1-6H2/t9-,10?/m0/s1. The second-order valence-corrected chi connectivity index (χ2v) is 3.67. The zero-order chi connectivity index (χ0) is 8.81. The summed E-state index contributed by atoms with van der Waals surface area (Å²) in [5, 5.41) is 0. The van der Waals surface area contributed by atoms with E-state index in [1.807, 2.05) is 0 Å². The van der Waals surface area contributed by atoms with Gasteiger partial charge in [0, 0.05) is 11.8 Å². The third-order valence-corrected chi connectivity index (χ3v) is 2.64. The lowest BCUT2D eigenvalue weighted by atomic mass is 9.86. The fourth-order valence-corrected chi connectivity index (χ4v) is 1.86. The van der Waals surface area contributed by atoms with Crippen molar-refractivity contribution in [2.45, 2.75) is 38.5 Å². The van der Waals surface area contributed by atoms with Crippen LogP contribution in [0.4, 0.5) is 0 Å². The third kappa shape index (κ3) is 2.76. The minimum absolute atomic E-state index is 0.139. The van der Waals surface area contributed by atoms with E-state index in [0.717, 1.165) is 44.7 Å². The van der Waals surface area contributed by atoms with Crippen molar-refractivity contribution in [3.05, 3.63) is 0 Å². The van der Waals surface area contributed by atoms with Crippen molar-refractivity contribution in [2.75, 3.05) is 0 Å². The predicted octanol–water partition coefficient (Wildman–Crippen LogP) is 1.97. The maximum atomic E-state index is 10.6. The Hall–Kier alpha value is -0.660. The molecule has 1 unspecified atom stereocenters. The van der Waals surface area contributed by atoms with Gasteiger partial charge in [-0.05, 0) is 19.3 Å². The Morgan fingerprint density at radius 2 is 1.33 bits per heavy atom. The van der Waals surface area contributed by atoms with Crippen LogP contribution in [0.2, 0.25) is 0 Å². The number of carbonyl (C=O) groups excluding carboxylic acids is 2. The largest absolute Gasteiger partial charge is 0.303 e. The zero-order valence-electron chi connectivity index (χ0n) is 7.37. The molecule has 0 aliphatic heterocycles. The highest BCUT2D eigenvalue weighted by Gasteiger charge is 2.17. The SMILES string of the molecule is O=CC1CCCCC[C@H](C=O)C1. The Bertz CT molecular complexity index is 138. The molecule has 1 aliphatic rings. The first kappa shape index (κ1) is 9.43. The zero-order valence-corrected chi connectivity index (χ0v) is 7.37. The van der Waals surface area contributed by atoms with Crippen molar-refractivity contribution in [3.8, 4) is 0 Å². The van der Waals surface area contributed by atoms with Crippen LogP contribution in [0.1, 0.15) is 38.5 Å². The van der Waals surface area contributed by atoms with Crippen LogP contribution in [0.15, 0.2) is 0 Å². The average Bonchev–Trinajstić information content (AvgIpc) is 2.05. The van der Waals surface area contributed by atoms with Crippen LogP contribution in [0.5, 0.6) is 0 Å². The molecule has 0 aromatic rings. The maximum Gasteiger partial charge on any atom is 0.123 e. The Morgan fingerprint density at radius 3 is 1.75 bits per heavy atom. The van der Waals surface area contributed by atoms with Crippen molar-refractivity contribution in [2.24, 2.45) is 11.8 Å². The van der Waals surface area contributed by atoms with E-state index in [0.29, 0.717) is 0 Å². The van der Waals surface area contributed by atoms with E-state index in [-0.39, 0.29) is 11.8 Å². The molecule has 0 amide bonds. The van der Waals surface area contributed by atoms with Crippen LogP contribution in [-0.4, -0.2) is 12.6 Å². The van der Waals surface area contributed by atoms with Gasteiger partial charge in [0.05, 0.1) is 0 Å². The van der Waals surface area contributed by atoms with Crippen molar-refractivity contribution >= 4 is 12.6 Å². The summed E-state index contributed by atoms with van der Waals surface area (Å²) in [6.45, 7) is 0. The maximum absolute atomic E-state index is 10.6. The van der Waals surface area contributed by atoms with Crippen molar-refractivity contribution in [1.82, 2.24) is 0 Å². The Labute approximate surface area is 73.3 Å². The van der Waals surface area contributed by atoms with Gasteiger partial charge in [-0.25, -0.2) is 0 Å². The Morgan fingerprint density at radius 1 is 0.833 bits per heavy atom. The van der Waals surface area contributed by atoms with Gasteiger partial charge < -0.3 is 9.59 Å². The number of hydrogen-bond acceptors (Lipinski definition) is 2. The van der Waals surface area contributed by atoms with E-state index >= 15 is 0 Å². The number of hydrogen-bond donors (Lipinski definition) is 0. The van der Waals surface area contributed by atoms with Gasteiger partial charge in [-0.2, -0.15) is 0 Å². The highest BCUT2D eigenvalue weighted by Crippen LogP contribution is 2.24. The smallest absolute Gasteiger partial charge is 0.123 e. The molecule has 0 heterocycles. The third-order valence-electron chi connectivity index (χ3n) is 2.64. The lowest BCUT2D eigenvalue weighted by Gasteiger charge is -2.18. The fraction of sp³-hybridized carbons (Fsp3) is 0.800. The van der Waals surface area contributed by atoms with Crippen LogP contribution in [0.3, 0.4) is 0 Å². The van der Waals surface area contributed by atoms with Crippen LogP contribution >= 0.6 is 0 Å². The summed E-state index contributed by atoms with van der Waals surface area (Å²) in [6, 6.07) is 0. The molecule has 0 aromatic heterocycles. The number of carbonyl (C=O) groups is 2. The number of rotatable bonds is 2. The van der Waals surface area contributed by atoms with Gasteiger partial charge in [-0.15, -0.1) is 0 Å². The molecular formula is C10H16O2. The summed E-state index contributed by atoms with van der Waals surface area (Å²) in [5.41, 5.74) is 0. The lowest BCUT2D eigenvalue weighted by Crippen LogP contribution is -2.14. The van der Waals surface area contributed by atoms with Crippen molar-refractivity contribution < 1.29 is 9.59 Å². The van der Waals surface area contributed by atoms with Crippen LogP contribution < -0.4 is 0 Å². The molecule has 2 nitrogen and oxygen atoms in total. The molecule has 0 bridgehead atoms. The molecule has 0 aromatic carbocycles. The molecule has 2 atom stereocenters. The molecule has 1 rings (SSSR count). The first-order valence-electron chi connectivity index (χ1n) is 4.77. The highest BCUT2D eigenvalue weighted by atomic mass is 16.1. The summed E-state index contributed by atoms with van der Waals surface area (Å²) in [5.74, 6) is 0.279. The van der Waals surface area contributed by atoms with E-state index in [1.54, 1.807) is 0 Å². The van der Waals surface area contributed by atoms with Gasteiger partial charge in [0.1, 0.15) is 12.6 Å². The Balaban J connectivity index is 2.43. The first-order valence-corrected chi connectivity index (χ1v) is 4.77. The lowest BCUT2D eigenvalue weighted by molar-refractivity contribution is -0.114. The van der Waals surface area contributed by atoms with E-state index < -0.39 is 0 Å². The summed E-state index contributed by atoms with van der Waals surface area (Å²) < 4.78 is 0. The van der Waals surface area contributed by atoms with E-state index in [4.69, 9.17) is 0 Å². The molecule has 1 fully saturated rings. The first-order chi connectivity index (χ1) is 5.86. The molecule has 1 saturated carbocycles. The molecule has 0 radical (unpaired) electrons. The normalized spacial score (nSPS) is 31.7. The topological polar surface area (TPSA) is 34.1 Å². The van der Waals surface area contributed by atoms with Crippen LogP contribution in [0.25, 0.3) is 0 Å². The minimum Gasteiger partial charge on any atom is -0.303 e.